The van der Waals surface area contributed by atoms with Crippen LogP contribution in [0.15, 0.2) is 0 Å². The number of terminal acetylenes is 1. The summed E-state index contributed by atoms with van der Waals surface area (Å²) in [5.41, 5.74) is 0.826. The average molecular weight is 210 g/mol. The topological polar surface area (TPSA) is 9.23 Å². The molecule has 14 heavy (non-hydrogen) atoms. The highest BCUT2D eigenvalue weighted by molar-refractivity contribution is 6.72. The fourth-order valence-electron chi connectivity index (χ4n) is 2.38. The van der Waals surface area contributed by atoms with Gasteiger partial charge in [-0.15, -0.1) is 6.42 Å². The molecular formula is C12H22OSi. The van der Waals surface area contributed by atoms with Gasteiger partial charge in [-0.1, -0.05) is 38.0 Å². The maximum atomic E-state index is 6.03. The van der Waals surface area contributed by atoms with Gasteiger partial charge >= 0.3 is 0 Å². The Hall–Kier alpha value is -0.263. The Morgan fingerprint density at radius 2 is 1.86 bits per heavy atom. The Bertz CT molecular complexity index is 211. The van der Waals surface area contributed by atoms with E-state index in [2.05, 4.69) is 19.0 Å². The lowest BCUT2D eigenvalue weighted by molar-refractivity contribution is 0.252. The molecule has 1 unspecified atom stereocenters. The minimum absolute atomic E-state index is 0.00130. The summed E-state index contributed by atoms with van der Waals surface area (Å²) in [5.74, 6) is 2.67. The van der Waals surface area contributed by atoms with E-state index in [1.165, 1.54) is 32.1 Å². The molecule has 0 bridgehead atoms. The SMILES string of the molecule is C#CC(C)O[Si](C)(C)C1CCCCC1. The van der Waals surface area contributed by atoms with Crippen LogP contribution in [0.25, 0.3) is 0 Å². The maximum absolute atomic E-state index is 6.03. The Morgan fingerprint density at radius 1 is 1.29 bits per heavy atom. The van der Waals surface area contributed by atoms with Gasteiger partial charge in [-0.3, -0.25) is 0 Å². The van der Waals surface area contributed by atoms with E-state index >= 15 is 0 Å². The summed E-state index contributed by atoms with van der Waals surface area (Å²) >= 11 is 0. The molecule has 0 amide bonds. The van der Waals surface area contributed by atoms with Crippen molar-refractivity contribution in [1.29, 1.82) is 0 Å². The van der Waals surface area contributed by atoms with Crippen LogP contribution in [-0.4, -0.2) is 14.4 Å². The highest BCUT2D eigenvalue weighted by Crippen LogP contribution is 2.37. The van der Waals surface area contributed by atoms with Crippen LogP contribution in [0.3, 0.4) is 0 Å². The summed E-state index contributed by atoms with van der Waals surface area (Å²) in [5, 5.41) is 0. The predicted octanol–water partition coefficient (Wildman–Crippen LogP) is 3.56. The van der Waals surface area contributed by atoms with Gasteiger partial charge in [0.1, 0.15) is 6.10 Å². The zero-order chi connectivity index (χ0) is 10.6. The standard InChI is InChI=1S/C12H22OSi/c1-5-11(2)13-14(3,4)12-9-7-6-8-10-12/h1,11-12H,6-10H2,2-4H3. The summed E-state index contributed by atoms with van der Waals surface area (Å²) < 4.78 is 6.03. The molecular weight excluding hydrogens is 188 g/mol. The third-order valence-electron chi connectivity index (χ3n) is 3.30. The van der Waals surface area contributed by atoms with E-state index in [1.54, 1.807) is 0 Å². The second kappa shape index (κ2) is 5.00. The third kappa shape index (κ3) is 3.15. The number of hydrogen-bond donors (Lipinski definition) is 0. The Morgan fingerprint density at radius 3 is 2.36 bits per heavy atom. The van der Waals surface area contributed by atoms with E-state index in [-0.39, 0.29) is 6.10 Å². The Balaban J connectivity index is 2.50. The van der Waals surface area contributed by atoms with E-state index < -0.39 is 8.32 Å². The molecule has 1 aliphatic rings. The molecule has 1 aliphatic carbocycles. The van der Waals surface area contributed by atoms with Crippen molar-refractivity contribution in [1.82, 2.24) is 0 Å². The van der Waals surface area contributed by atoms with Crippen LogP contribution >= 0.6 is 0 Å². The summed E-state index contributed by atoms with van der Waals surface area (Å²) in [7, 11) is -1.53. The number of rotatable bonds is 3. The van der Waals surface area contributed by atoms with Crippen LogP contribution in [0, 0.1) is 12.3 Å². The molecule has 1 rings (SSSR count). The smallest absolute Gasteiger partial charge is 0.191 e. The molecule has 1 fully saturated rings. The fraction of sp³-hybridized carbons (Fsp3) is 0.833. The lowest BCUT2D eigenvalue weighted by atomic mass is 10.0. The molecule has 0 saturated heterocycles. The minimum atomic E-state index is -1.53. The zero-order valence-electron chi connectivity index (χ0n) is 9.68. The van der Waals surface area contributed by atoms with E-state index in [9.17, 15) is 0 Å². The first-order valence-electron chi connectivity index (χ1n) is 5.70. The van der Waals surface area contributed by atoms with Crippen molar-refractivity contribution in [3.05, 3.63) is 0 Å². The molecule has 0 heterocycles. The fourth-order valence-corrected chi connectivity index (χ4v) is 5.35. The van der Waals surface area contributed by atoms with Gasteiger partial charge in [-0.25, -0.2) is 0 Å². The van der Waals surface area contributed by atoms with Gasteiger partial charge in [-0.2, -0.15) is 0 Å². The van der Waals surface area contributed by atoms with Crippen LogP contribution in [0.1, 0.15) is 39.0 Å². The maximum Gasteiger partial charge on any atom is 0.191 e. The summed E-state index contributed by atoms with van der Waals surface area (Å²) in [4.78, 5) is 0. The van der Waals surface area contributed by atoms with Gasteiger partial charge < -0.3 is 4.43 Å². The highest BCUT2D eigenvalue weighted by Gasteiger charge is 2.35. The molecule has 0 aromatic rings. The normalized spacial score (nSPS) is 21.6. The quantitative estimate of drug-likeness (QED) is 0.511. The molecule has 1 saturated carbocycles. The van der Waals surface area contributed by atoms with Gasteiger partial charge in [-0.05, 0) is 25.6 Å². The van der Waals surface area contributed by atoms with Crippen LogP contribution in [0.5, 0.6) is 0 Å². The molecule has 1 atom stereocenters. The van der Waals surface area contributed by atoms with Crippen molar-refractivity contribution in [2.24, 2.45) is 0 Å². The van der Waals surface area contributed by atoms with Crippen molar-refractivity contribution in [3.63, 3.8) is 0 Å². The minimum Gasteiger partial charge on any atom is -0.404 e. The van der Waals surface area contributed by atoms with Crippen LogP contribution < -0.4 is 0 Å². The summed E-state index contributed by atoms with van der Waals surface area (Å²) in [6, 6.07) is 0. The van der Waals surface area contributed by atoms with E-state index in [0.29, 0.717) is 0 Å². The van der Waals surface area contributed by atoms with E-state index in [0.717, 1.165) is 5.54 Å². The predicted molar refractivity (Wildman–Crippen MR) is 63.7 cm³/mol. The van der Waals surface area contributed by atoms with E-state index in [1.807, 2.05) is 6.92 Å². The van der Waals surface area contributed by atoms with Crippen molar-refractivity contribution < 1.29 is 4.43 Å². The van der Waals surface area contributed by atoms with Gasteiger partial charge in [0.15, 0.2) is 8.32 Å². The number of hydrogen-bond acceptors (Lipinski definition) is 1. The summed E-state index contributed by atoms with van der Waals surface area (Å²) in [6.45, 7) is 6.62. The first-order valence-corrected chi connectivity index (χ1v) is 8.69. The molecule has 0 radical (unpaired) electrons. The molecule has 0 aliphatic heterocycles. The zero-order valence-corrected chi connectivity index (χ0v) is 10.7. The summed E-state index contributed by atoms with van der Waals surface area (Å²) in [6.07, 6.45) is 12.2. The van der Waals surface area contributed by atoms with Crippen molar-refractivity contribution in [2.45, 2.75) is 63.8 Å². The average Bonchev–Trinajstić information content (AvgIpc) is 2.18. The first kappa shape index (κ1) is 11.8. The van der Waals surface area contributed by atoms with Crippen LogP contribution in [-0.2, 0) is 4.43 Å². The molecule has 1 nitrogen and oxygen atoms in total. The second-order valence-corrected chi connectivity index (χ2v) is 9.12. The van der Waals surface area contributed by atoms with Gasteiger partial charge in [0.05, 0.1) is 0 Å². The van der Waals surface area contributed by atoms with Crippen molar-refractivity contribution >= 4 is 8.32 Å². The molecule has 0 aromatic carbocycles. The van der Waals surface area contributed by atoms with Gasteiger partial charge in [0.2, 0.25) is 0 Å². The largest absolute Gasteiger partial charge is 0.404 e. The van der Waals surface area contributed by atoms with Gasteiger partial charge in [0, 0.05) is 0 Å². The van der Waals surface area contributed by atoms with Crippen LogP contribution in [0.2, 0.25) is 18.6 Å². The Kier molecular flexibility index (Phi) is 4.22. The molecule has 0 aromatic heterocycles. The monoisotopic (exact) mass is 210 g/mol. The lowest BCUT2D eigenvalue weighted by Crippen LogP contribution is -2.40. The van der Waals surface area contributed by atoms with Crippen LogP contribution in [0.4, 0.5) is 0 Å². The Labute approximate surface area is 89.4 Å². The molecule has 80 valence electrons. The molecule has 0 spiro atoms. The molecule has 2 heteroatoms. The van der Waals surface area contributed by atoms with Gasteiger partial charge in [0.25, 0.3) is 0 Å². The second-order valence-electron chi connectivity index (χ2n) is 4.87. The van der Waals surface area contributed by atoms with Crippen molar-refractivity contribution in [2.75, 3.05) is 0 Å². The first-order chi connectivity index (χ1) is 6.56. The lowest BCUT2D eigenvalue weighted by Gasteiger charge is -2.35. The van der Waals surface area contributed by atoms with E-state index in [4.69, 9.17) is 10.8 Å². The highest BCUT2D eigenvalue weighted by atomic mass is 28.4. The van der Waals surface area contributed by atoms with Crippen molar-refractivity contribution in [3.8, 4) is 12.3 Å². The third-order valence-corrected chi connectivity index (χ3v) is 6.81. The molecule has 0 N–H and O–H groups in total.